The zero-order chi connectivity index (χ0) is 27.7. The molecule has 2 aromatic carbocycles. The molecule has 196 valence electrons. The number of Topliss-reactive ketones (excluding diaryl/α,β-unsaturated/α-hetero) is 2. The Balaban J connectivity index is 1.47. The lowest BCUT2D eigenvalue weighted by Gasteiger charge is -2.29. The third-order valence-corrected chi connectivity index (χ3v) is 7.55. The van der Waals surface area contributed by atoms with E-state index in [1.165, 1.54) is 39.0 Å². The molecular formula is C28H25FN2O7. The fourth-order valence-electron chi connectivity index (χ4n) is 5.44. The number of hydrogen-bond donors (Lipinski definition) is 4. The van der Waals surface area contributed by atoms with Gasteiger partial charge in [0.15, 0.2) is 17.3 Å². The first-order valence-electron chi connectivity index (χ1n) is 12.0. The summed E-state index contributed by atoms with van der Waals surface area (Å²) in [6.07, 6.45) is 1.42. The number of ketones is 3. The Bertz CT molecular complexity index is 1550. The van der Waals surface area contributed by atoms with Gasteiger partial charge in [-0.05, 0) is 57.9 Å². The lowest BCUT2D eigenvalue weighted by atomic mass is 9.70. The van der Waals surface area contributed by atoms with Crippen molar-refractivity contribution in [3.05, 3.63) is 69.4 Å². The van der Waals surface area contributed by atoms with E-state index in [1.807, 2.05) is 0 Å². The van der Waals surface area contributed by atoms with Crippen LogP contribution in [0.5, 0.6) is 17.2 Å². The normalized spacial score (nSPS) is 22.7. The van der Waals surface area contributed by atoms with Gasteiger partial charge in [0.1, 0.15) is 39.8 Å². The second-order valence-corrected chi connectivity index (χ2v) is 9.88. The molecular weight excluding hydrogens is 495 g/mol. The van der Waals surface area contributed by atoms with Gasteiger partial charge in [-0.25, -0.2) is 4.39 Å². The first-order chi connectivity index (χ1) is 17.9. The number of fused-ring (bicyclic) bond motifs is 4. The van der Waals surface area contributed by atoms with E-state index in [2.05, 4.69) is 10.6 Å². The van der Waals surface area contributed by atoms with Crippen molar-refractivity contribution in [2.45, 2.75) is 45.4 Å². The summed E-state index contributed by atoms with van der Waals surface area (Å²) in [6.45, 7) is 5.87. The van der Waals surface area contributed by atoms with Crippen molar-refractivity contribution in [3.63, 3.8) is 0 Å². The number of carbonyl (C=O) groups excluding carboxylic acids is 4. The summed E-state index contributed by atoms with van der Waals surface area (Å²) in [4.78, 5) is 51.6. The number of phenolic OH excluding ortho intramolecular Hbond substituents is 2. The highest BCUT2D eigenvalue weighted by Crippen LogP contribution is 2.57. The van der Waals surface area contributed by atoms with Crippen LogP contribution >= 0.6 is 0 Å². The molecule has 10 heteroatoms. The molecule has 38 heavy (non-hydrogen) atoms. The van der Waals surface area contributed by atoms with Gasteiger partial charge in [-0.3, -0.25) is 19.2 Å². The van der Waals surface area contributed by atoms with Gasteiger partial charge in [0.05, 0.1) is 17.1 Å². The zero-order valence-electron chi connectivity index (χ0n) is 21.1. The summed E-state index contributed by atoms with van der Waals surface area (Å²) in [5.41, 5.74) is -0.596. The van der Waals surface area contributed by atoms with Gasteiger partial charge < -0.3 is 25.6 Å². The van der Waals surface area contributed by atoms with E-state index < -0.39 is 46.0 Å². The highest BCUT2D eigenvalue weighted by atomic mass is 19.1. The van der Waals surface area contributed by atoms with Gasteiger partial charge >= 0.3 is 0 Å². The summed E-state index contributed by atoms with van der Waals surface area (Å²) in [5.74, 6) is -4.19. The van der Waals surface area contributed by atoms with Crippen molar-refractivity contribution in [1.82, 2.24) is 5.32 Å². The first-order valence-corrected chi connectivity index (χ1v) is 12.0. The molecule has 0 bridgehead atoms. The summed E-state index contributed by atoms with van der Waals surface area (Å²) < 4.78 is 19.5. The number of phenols is 2. The van der Waals surface area contributed by atoms with Crippen molar-refractivity contribution >= 4 is 28.9 Å². The molecule has 0 aromatic heterocycles. The van der Waals surface area contributed by atoms with Crippen LogP contribution in [-0.4, -0.2) is 40.0 Å². The molecule has 3 aliphatic rings. The van der Waals surface area contributed by atoms with Crippen molar-refractivity contribution in [2.75, 3.05) is 11.9 Å². The minimum absolute atomic E-state index is 0.00769. The lowest BCUT2D eigenvalue weighted by Crippen LogP contribution is -2.41. The van der Waals surface area contributed by atoms with Crippen molar-refractivity contribution in [1.29, 1.82) is 0 Å². The molecule has 5 rings (SSSR count). The second-order valence-electron chi connectivity index (χ2n) is 9.88. The largest absolute Gasteiger partial charge is 0.507 e. The number of halogens is 1. The van der Waals surface area contributed by atoms with Crippen LogP contribution in [0, 0.1) is 12.7 Å². The Labute approximate surface area is 217 Å². The van der Waals surface area contributed by atoms with E-state index in [4.69, 9.17) is 4.74 Å². The number of amides is 1. The fraction of sp³-hybridized carbons (Fsp3) is 0.286. The van der Waals surface area contributed by atoms with Crippen LogP contribution < -0.4 is 15.4 Å². The number of allylic oxidation sites excluding steroid dienone is 4. The van der Waals surface area contributed by atoms with Crippen LogP contribution in [0.25, 0.3) is 0 Å². The summed E-state index contributed by atoms with van der Waals surface area (Å²) in [6, 6.07) is 4.08. The van der Waals surface area contributed by atoms with Crippen LogP contribution in [0.2, 0.25) is 0 Å². The maximum atomic E-state index is 13.8. The maximum Gasteiger partial charge on any atom is 0.232 e. The molecule has 2 heterocycles. The fourth-order valence-corrected chi connectivity index (χ4v) is 5.44. The van der Waals surface area contributed by atoms with Gasteiger partial charge in [-0.1, -0.05) is 0 Å². The molecule has 0 fully saturated rings. The summed E-state index contributed by atoms with van der Waals surface area (Å²) in [7, 11) is 0. The quantitative estimate of drug-likeness (QED) is 0.267. The maximum absolute atomic E-state index is 13.8. The summed E-state index contributed by atoms with van der Waals surface area (Å²) >= 11 is 0. The molecule has 1 unspecified atom stereocenters. The lowest BCUT2D eigenvalue weighted by molar-refractivity contribution is -0.123. The van der Waals surface area contributed by atoms with E-state index in [0.29, 0.717) is 11.3 Å². The average Bonchev–Trinajstić information content (AvgIpc) is 3.31. The standard InChI is InChI=1S/C28H25FN2O7/c1-11-23(34)21(13(3)32)25-22(24(11)35)28(4)19(38-25)10-18(33)20(26(28)36)12(2)30-8-7-15-16-9-14(29)5-6-17(16)31-27(15)37/h5-6,9-10,15,30,34-35H,7-8H2,1-4H3,(H,31,37)/t15?,28-/m0/s1. The van der Waals surface area contributed by atoms with Crippen LogP contribution in [0.15, 0.2) is 41.3 Å². The Morgan fingerprint density at radius 1 is 1.18 bits per heavy atom. The highest BCUT2D eigenvalue weighted by Gasteiger charge is 2.56. The van der Waals surface area contributed by atoms with Crippen LogP contribution in [0.3, 0.4) is 0 Å². The molecule has 1 amide bonds. The van der Waals surface area contributed by atoms with Gasteiger partial charge in [0.2, 0.25) is 5.91 Å². The van der Waals surface area contributed by atoms with Gasteiger partial charge in [-0.15, -0.1) is 0 Å². The Kier molecular flexibility index (Phi) is 5.66. The average molecular weight is 521 g/mol. The predicted molar refractivity (Wildman–Crippen MR) is 134 cm³/mol. The smallest absolute Gasteiger partial charge is 0.232 e. The van der Waals surface area contributed by atoms with E-state index >= 15 is 0 Å². The number of ether oxygens (including phenoxy) is 1. The molecule has 0 spiro atoms. The van der Waals surface area contributed by atoms with Crippen LogP contribution in [-0.2, 0) is 19.8 Å². The molecule has 2 aromatic rings. The topological polar surface area (TPSA) is 142 Å². The second kappa shape index (κ2) is 8.54. The number of aromatic hydroxyl groups is 2. The molecule has 0 saturated carbocycles. The monoisotopic (exact) mass is 520 g/mol. The van der Waals surface area contributed by atoms with Crippen molar-refractivity contribution < 1.29 is 38.5 Å². The predicted octanol–water partition coefficient (Wildman–Crippen LogP) is 3.42. The van der Waals surface area contributed by atoms with E-state index in [1.54, 1.807) is 6.92 Å². The number of carbonyl (C=O) groups is 4. The van der Waals surface area contributed by atoms with Gasteiger partial charge in [-0.2, -0.15) is 0 Å². The minimum atomic E-state index is -1.62. The SMILES string of the molecule is CC(=O)c1c(O)c(C)c(O)c2c1OC1=CC(=O)C(=C(C)NCCC3C(=O)Nc4ccc(F)cc43)C(=O)[C@@]12C. The molecule has 4 N–H and O–H groups in total. The third kappa shape index (κ3) is 3.43. The van der Waals surface area contributed by atoms with Gasteiger partial charge in [0, 0.05) is 29.6 Å². The van der Waals surface area contributed by atoms with Crippen molar-refractivity contribution in [2.24, 2.45) is 0 Å². The number of hydrogen-bond acceptors (Lipinski definition) is 8. The number of rotatable bonds is 5. The Morgan fingerprint density at radius 2 is 1.89 bits per heavy atom. The summed E-state index contributed by atoms with van der Waals surface area (Å²) in [5, 5.41) is 27.1. The molecule has 0 saturated heterocycles. The van der Waals surface area contributed by atoms with E-state index in [-0.39, 0.29) is 58.3 Å². The molecule has 0 radical (unpaired) electrons. The molecule has 2 atom stereocenters. The number of anilines is 1. The van der Waals surface area contributed by atoms with Crippen LogP contribution in [0.4, 0.5) is 10.1 Å². The molecule has 9 nitrogen and oxygen atoms in total. The van der Waals surface area contributed by atoms with E-state index in [9.17, 15) is 33.8 Å². The molecule has 2 aliphatic heterocycles. The number of nitrogens with one attached hydrogen (secondary N) is 2. The number of benzene rings is 2. The van der Waals surface area contributed by atoms with E-state index in [0.717, 1.165) is 6.08 Å². The van der Waals surface area contributed by atoms with Crippen molar-refractivity contribution in [3.8, 4) is 17.2 Å². The van der Waals surface area contributed by atoms with Crippen LogP contribution in [0.1, 0.15) is 60.2 Å². The zero-order valence-corrected chi connectivity index (χ0v) is 21.1. The highest BCUT2D eigenvalue weighted by molar-refractivity contribution is 6.31. The minimum Gasteiger partial charge on any atom is -0.507 e. The van der Waals surface area contributed by atoms with Gasteiger partial charge in [0.25, 0.3) is 0 Å². The first kappa shape index (κ1) is 25.2. The Morgan fingerprint density at radius 3 is 2.58 bits per heavy atom. The Hall–Kier alpha value is -4.47. The molecule has 1 aliphatic carbocycles. The third-order valence-electron chi connectivity index (χ3n) is 7.55.